The first-order valence-corrected chi connectivity index (χ1v) is 15.4. The number of benzene rings is 4. The van der Waals surface area contributed by atoms with Crippen molar-refractivity contribution in [1.82, 2.24) is 0 Å². The van der Waals surface area contributed by atoms with E-state index in [0.29, 0.717) is 5.56 Å². The molecule has 0 N–H and O–H groups in total. The first-order chi connectivity index (χ1) is 23.7. The Hall–Kier alpha value is -5.04. The van der Waals surface area contributed by atoms with Crippen molar-refractivity contribution in [3.8, 4) is 0 Å². The first kappa shape index (κ1) is 35.3. The monoisotopic (exact) mass is 677 g/mol. The van der Waals surface area contributed by atoms with E-state index < -0.39 is 61.3 Å². The van der Waals surface area contributed by atoms with Gasteiger partial charge in [0.25, 0.3) is 5.90 Å². The molecule has 1 unspecified atom stereocenters. The molecule has 1 aliphatic heterocycles. The minimum absolute atomic E-state index is 0.00891. The number of hydrogen-bond acceptors (Lipinski definition) is 9. The second kappa shape index (κ2) is 16.9. The summed E-state index contributed by atoms with van der Waals surface area (Å²) in [5.41, 5.74) is 1.57. The van der Waals surface area contributed by atoms with Crippen molar-refractivity contribution >= 4 is 23.5 Å². The highest BCUT2D eigenvalue weighted by atomic mass is 19.4. The zero-order valence-corrected chi connectivity index (χ0v) is 26.4. The Kier molecular flexibility index (Phi) is 12.1. The second-order valence-electron chi connectivity index (χ2n) is 11.0. The van der Waals surface area contributed by atoms with Gasteiger partial charge >= 0.3 is 18.1 Å². The van der Waals surface area contributed by atoms with Crippen LogP contribution in [0.15, 0.2) is 126 Å². The maximum Gasteiger partial charge on any atom is 0.468 e. The Morgan fingerprint density at radius 3 is 1.73 bits per heavy atom. The molecule has 0 saturated carbocycles. The van der Waals surface area contributed by atoms with E-state index in [1.807, 2.05) is 6.07 Å². The molecule has 5 atom stereocenters. The lowest BCUT2D eigenvalue weighted by atomic mass is 9.97. The largest absolute Gasteiger partial charge is 0.468 e. The van der Waals surface area contributed by atoms with Gasteiger partial charge in [-0.1, -0.05) is 97.1 Å². The Morgan fingerprint density at radius 2 is 1.20 bits per heavy atom. The third kappa shape index (κ3) is 10.2. The lowest BCUT2D eigenvalue weighted by Gasteiger charge is -2.45. The molecule has 9 nitrogen and oxygen atoms in total. The fraction of sp³-hybridized carbons (Fsp3) is 0.270. The average molecular weight is 678 g/mol. The molecule has 49 heavy (non-hydrogen) atoms. The van der Waals surface area contributed by atoms with Crippen LogP contribution in [-0.4, -0.2) is 61.3 Å². The van der Waals surface area contributed by atoms with E-state index in [0.717, 1.165) is 5.56 Å². The normalized spacial score (nSPS) is 21.1. The van der Waals surface area contributed by atoms with Gasteiger partial charge in [0.1, 0.15) is 18.8 Å². The van der Waals surface area contributed by atoms with Crippen molar-refractivity contribution in [2.24, 2.45) is 4.99 Å². The van der Waals surface area contributed by atoms with Crippen LogP contribution in [0, 0.1) is 0 Å². The van der Waals surface area contributed by atoms with Crippen molar-refractivity contribution in [2.75, 3.05) is 6.61 Å². The Balaban J connectivity index is 1.57. The van der Waals surface area contributed by atoms with Crippen LogP contribution in [0.5, 0.6) is 0 Å². The topological polar surface area (TPSA) is 102 Å². The number of hydrogen-bond donors (Lipinski definition) is 0. The zero-order chi connectivity index (χ0) is 34.6. The van der Waals surface area contributed by atoms with Gasteiger partial charge in [0.05, 0.1) is 24.5 Å². The summed E-state index contributed by atoms with van der Waals surface area (Å²) in [6.07, 6.45) is -12.3. The molecule has 0 bridgehead atoms. The predicted octanol–water partition coefficient (Wildman–Crippen LogP) is 6.98. The fourth-order valence-electron chi connectivity index (χ4n) is 5.00. The molecule has 12 heteroatoms. The van der Waals surface area contributed by atoms with Crippen molar-refractivity contribution in [1.29, 1.82) is 0 Å². The molecule has 4 aromatic rings. The van der Waals surface area contributed by atoms with Crippen LogP contribution in [0.2, 0.25) is 0 Å². The lowest BCUT2D eigenvalue weighted by Crippen LogP contribution is -2.63. The first-order valence-electron chi connectivity index (χ1n) is 15.4. The Bertz CT molecular complexity index is 1660. The van der Waals surface area contributed by atoms with Crippen LogP contribution >= 0.6 is 0 Å². The van der Waals surface area contributed by atoms with Crippen molar-refractivity contribution in [2.45, 2.75) is 57.0 Å². The van der Waals surface area contributed by atoms with Crippen LogP contribution in [0.1, 0.15) is 28.4 Å². The SMILES string of the molecule is CC(=O)OC[C@H]1OC(OC(=Nc2ccccc2)C(F)(F)F)[C@H](OCc2ccccc2)[C@@H](OC(=O)c2ccccc2)[C@@H]1OCc1ccccc1. The van der Waals surface area contributed by atoms with Gasteiger partial charge in [-0.25, -0.2) is 9.79 Å². The highest BCUT2D eigenvalue weighted by molar-refractivity contribution is 5.89. The molecule has 1 heterocycles. The van der Waals surface area contributed by atoms with E-state index in [2.05, 4.69) is 4.99 Å². The van der Waals surface area contributed by atoms with Crippen LogP contribution in [0.3, 0.4) is 0 Å². The molecule has 0 spiro atoms. The number of carbonyl (C=O) groups is 2. The van der Waals surface area contributed by atoms with Crippen LogP contribution < -0.4 is 0 Å². The smallest absolute Gasteiger partial charge is 0.463 e. The minimum atomic E-state index is -5.06. The van der Waals surface area contributed by atoms with Gasteiger partial charge in [0, 0.05) is 6.92 Å². The quantitative estimate of drug-likeness (QED) is 0.0900. The fourth-order valence-corrected chi connectivity index (χ4v) is 5.00. The minimum Gasteiger partial charge on any atom is -0.463 e. The highest BCUT2D eigenvalue weighted by Crippen LogP contribution is 2.34. The van der Waals surface area contributed by atoms with Gasteiger partial charge in [-0.15, -0.1) is 0 Å². The second-order valence-corrected chi connectivity index (χ2v) is 11.0. The number of rotatable bonds is 12. The number of para-hydroxylation sites is 1. The van der Waals surface area contributed by atoms with Gasteiger partial charge in [-0.05, 0) is 35.4 Å². The number of ether oxygens (including phenoxy) is 6. The standard InChI is InChI=1S/C37H34F3NO8/c1-25(42)44-24-30-31(45-22-26-14-6-2-7-15-26)32(48-34(43)28-18-10-4-11-19-28)33(46-23-27-16-8-3-9-17-27)35(47-30)49-36(37(38,39)40)41-29-20-12-5-13-21-29/h2-21,30-33,35H,22-24H2,1H3/t30-,31-,32+,33-,35?/m1/s1. The van der Waals surface area contributed by atoms with Gasteiger partial charge in [0.2, 0.25) is 6.29 Å². The van der Waals surface area contributed by atoms with Gasteiger partial charge in [-0.2, -0.15) is 13.2 Å². The summed E-state index contributed by atoms with van der Waals surface area (Å²) >= 11 is 0. The highest BCUT2D eigenvalue weighted by Gasteiger charge is 2.53. The van der Waals surface area contributed by atoms with Crippen LogP contribution in [-0.2, 0) is 46.4 Å². The number of aliphatic imine (C=N–C) groups is 1. The molecule has 5 rings (SSSR count). The third-order valence-electron chi connectivity index (χ3n) is 7.32. The molecule has 1 fully saturated rings. The average Bonchev–Trinajstić information content (AvgIpc) is 3.11. The Labute approximate surface area is 281 Å². The molecule has 0 amide bonds. The molecule has 0 radical (unpaired) electrons. The predicted molar refractivity (Wildman–Crippen MR) is 172 cm³/mol. The Morgan fingerprint density at radius 1 is 0.694 bits per heavy atom. The van der Waals surface area contributed by atoms with Crippen molar-refractivity contribution < 1.29 is 51.2 Å². The number of nitrogens with zero attached hydrogens (tertiary/aromatic N) is 1. The molecule has 0 aliphatic carbocycles. The van der Waals surface area contributed by atoms with E-state index in [-0.39, 0.29) is 24.5 Å². The third-order valence-corrected chi connectivity index (χ3v) is 7.32. The van der Waals surface area contributed by atoms with E-state index in [4.69, 9.17) is 28.4 Å². The summed E-state index contributed by atoms with van der Waals surface area (Å²) in [4.78, 5) is 29.2. The van der Waals surface area contributed by atoms with E-state index in [9.17, 15) is 22.8 Å². The molecular weight excluding hydrogens is 643 g/mol. The molecule has 256 valence electrons. The van der Waals surface area contributed by atoms with E-state index in [1.54, 1.807) is 78.9 Å². The number of alkyl halides is 3. The summed E-state index contributed by atoms with van der Waals surface area (Å²) in [6.45, 7) is 0.580. The molecule has 0 aromatic heterocycles. The molecule has 1 saturated heterocycles. The van der Waals surface area contributed by atoms with Gasteiger partial charge in [0.15, 0.2) is 12.2 Å². The van der Waals surface area contributed by atoms with Crippen LogP contribution in [0.25, 0.3) is 0 Å². The number of halogens is 3. The summed E-state index contributed by atoms with van der Waals surface area (Å²) in [5, 5.41) is 0. The van der Waals surface area contributed by atoms with Crippen LogP contribution in [0.4, 0.5) is 18.9 Å². The van der Waals surface area contributed by atoms with Crippen molar-refractivity contribution in [3.63, 3.8) is 0 Å². The summed E-state index contributed by atoms with van der Waals surface area (Å²) < 4.78 is 78.8. The summed E-state index contributed by atoms with van der Waals surface area (Å²) in [7, 11) is 0. The molecular formula is C37H34F3NO8. The summed E-state index contributed by atoms with van der Waals surface area (Å²) in [5.74, 6) is -3.10. The van der Waals surface area contributed by atoms with Gasteiger partial charge < -0.3 is 28.4 Å². The summed E-state index contributed by atoms with van der Waals surface area (Å²) in [6, 6.07) is 33.4. The zero-order valence-electron chi connectivity index (χ0n) is 26.4. The lowest BCUT2D eigenvalue weighted by molar-refractivity contribution is -0.305. The van der Waals surface area contributed by atoms with E-state index >= 15 is 0 Å². The number of esters is 2. The number of carbonyl (C=O) groups excluding carboxylic acids is 2. The molecule has 4 aromatic carbocycles. The molecule has 1 aliphatic rings. The van der Waals surface area contributed by atoms with Gasteiger partial charge in [-0.3, -0.25) is 4.79 Å². The van der Waals surface area contributed by atoms with E-state index in [1.165, 1.54) is 43.3 Å². The van der Waals surface area contributed by atoms with Crippen molar-refractivity contribution in [3.05, 3.63) is 138 Å². The maximum absolute atomic E-state index is 14.5. The maximum atomic E-state index is 14.5.